The topological polar surface area (TPSA) is 35.0 Å². The number of ether oxygens (including phenoxy) is 1. The van der Waals surface area contributed by atoms with Crippen molar-refractivity contribution < 1.29 is 4.74 Å². The lowest BCUT2D eigenvalue weighted by Crippen LogP contribution is -1.96. The van der Waals surface area contributed by atoms with E-state index in [1.165, 1.54) is 0 Å². The van der Waals surface area contributed by atoms with Crippen LogP contribution in [0.3, 0.4) is 0 Å². The van der Waals surface area contributed by atoms with Gasteiger partial charge >= 0.3 is 0 Å². The van der Waals surface area contributed by atoms with Gasteiger partial charge in [-0.15, -0.1) is 0 Å². The summed E-state index contributed by atoms with van der Waals surface area (Å²) < 4.78 is 5.17. The minimum Gasteiger partial charge on any atom is -0.497 e. The Morgan fingerprint density at radius 1 is 1.27 bits per heavy atom. The average Bonchev–Trinajstić information content (AvgIpc) is 2.27. The summed E-state index contributed by atoms with van der Waals surface area (Å²) in [6, 6.07) is 5.98. The molecule has 0 amide bonds. The fourth-order valence-electron chi connectivity index (χ4n) is 1.64. The first kappa shape index (κ1) is 9.90. The molecule has 0 saturated heterocycles. The molecule has 0 unspecified atom stereocenters. The van der Waals surface area contributed by atoms with Gasteiger partial charge in [-0.3, -0.25) is 0 Å². The normalized spacial score (nSPS) is 10.9. The fraction of sp³-hybridized carbons (Fsp3) is 0.333. The van der Waals surface area contributed by atoms with Gasteiger partial charge in [-0.05, 0) is 24.1 Å². The highest BCUT2D eigenvalue weighted by Gasteiger charge is 2.07. The highest BCUT2D eigenvalue weighted by atomic mass is 16.5. The molecule has 0 radical (unpaired) electrons. The van der Waals surface area contributed by atoms with E-state index < -0.39 is 0 Å². The maximum Gasteiger partial charge on any atom is 0.119 e. The van der Waals surface area contributed by atoms with E-state index in [1.54, 1.807) is 13.3 Å². The Hall–Kier alpha value is -1.64. The number of aromatic nitrogens is 2. The average molecular weight is 202 g/mol. The number of methoxy groups -OCH3 is 1. The summed E-state index contributed by atoms with van der Waals surface area (Å²) in [5.74, 6) is 1.24. The number of rotatable bonds is 2. The SMILES string of the molecule is COc1ccc2c(C(C)C)nncc2c1. The maximum absolute atomic E-state index is 5.17. The van der Waals surface area contributed by atoms with Crippen LogP contribution in [0.1, 0.15) is 25.5 Å². The number of nitrogens with zero attached hydrogens (tertiary/aromatic N) is 2. The van der Waals surface area contributed by atoms with Crippen molar-refractivity contribution in [3.05, 3.63) is 30.1 Å². The molecule has 78 valence electrons. The summed E-state index contributed by atoms with van der Waals surface area (Å²) in [6.45, 7) is 4.24. The van der Waals surface area contributed by atoms with Gasteiger partial charge in [-0.25, -0.2) is 0 Å². The Bertz CT molecular complexity index is 480. The third kappa shape index (κ3) is 1.77. The van der Waals surface area contributed by atoms with Crippen LogP contribution in [-0.2, 0) is 0 Å². The van der Waals surface area contributed by atoms with E-state index in [2.05, 4.69) is 24.0 Å². The third-order valence-electron chi connectivity index (χ3n) is 2.44. The zero-order valence-corrected chi connectivity index (χ0v) is 9.19. The van der Waals surface area contributed by atoms with E-state index >= 15 is 0 Å². The quantitative estimate of drug-likeness (QED) is 0.751. The van der Waals surface area contributed by atoms with Gasteiger partial charge in [0.15, 0.2) is 0 Å². The van der Waals surface area contributed by atoms with Crippen molar-refractivity contribution in [3.8, 4) is 5.75 Å². The Kier molecular flexibility index (Phi) is 2.54. The van der Waals surface area contributed by atoms with E-state index in [4.69, 9.17) is 4.74 Å². The molecule has 1 aromatic heterocycles. The van der Waals surface area contributed by atoms with Gasteiger partial charge in [0.1, 0.15) is 5.75 Å². The standard InChI is InChI=1S/C12H14N2O/c1-8(2)12-11-5-4-10(15-3)6-9(11)7-13-14-12/h4-8H,1-3H3. The lowest BCUT2D eigenvalue weighted by molar-refractivity contribution is 0.415. The summed E-state index contributed by atoms with van der Waals surface area (Å²) in [6.07, 6.45) is 1.77. The van der Waals surface area contributed by atoms with Gasteiger partial charge in [0.25, 0.3) is 0 Å². The summed E-state index contributed by atoms with van der Waals surface area (Å²) in [5.41, 5.74) is 1.04. The molecule has 0 aliphatic heterocycles. The van der Waals surface area contributed by atoms with E-state index in [1.807, 2.05) is 18.2 Å². The van der Waals surface area contributed by atoms with Crippen LogP contribution in [0.2, 0.25) is 0 Å². The van der Waals surface area contributed by atoms with Gasteiger partial charge in [0.2, 0.25) is 0 Å². The fourth-order valence-corrected chi connectivity index (χ4v) is 1.64. The first-order valence-corrected chi connectivity index (χ1v) is 5.01. The van der Waals surface area contributed by atoms with Gasteiger partial charge in [0.05, 0.1) is 19.0 Å². The maximum atomic E-state index is 5.17. The molecule has 15 heavy (non-hydrogen) atoms. The van der Waals surface area contributed by atoms with Gasteiger partial charge in [0, 0.05) is 10.8 Å². The molecule has 2 rings (SSSR count). The molecule has 3 nitrogen and oxygen atoms in total. The predicted molar refractivity (Wildman–Crippen MR) is 60.2 cm³/mol. The molecule has 0 aliphatic carbocycles. The molecule has 0 fully saturated rings. The number of fused-ring (bicyclic) bond motifs is 1. The van der Waals surface area contributed by atoms with Gasteiger partial charge in [-0.2, -0.15) is 10.2 Å². The second-order valence-corrected chi connectivity index (χ2v) is 3.84. The summed E-state index contributed by atoms with van der Waals surface area (Å²) >= 11 is 0. The molecule has 2 aromatic rings. The van der Waals surface area contributed by atoms with Crippen LogP contribution in [0.4, 0.5) is 0 Å². The Morgan fingerprint density at radius 3 is 2.73 bits per heavy atom. The lowest BCUT2D eigenvalue weighted by atomic mass is 10.0. The van der Waals surface area contributed by atoms with Crippen molar-refractivity contribution in [2.45, 2.75) is 19.8 Å². The van der Waals surface area contributed by atoms with Crippen molar-refractivity contribution in [1.82, 2.24) is 10.2 Å². The van der Waals surface area contributed by atoms with Crippen molar-refractivity contribution in [2.24, 2.45) is 0 Å². The molecular weight excluding hydrogens is 188 g/mol. The Morgan fingerprint density at radius 2 is 2.07 bits per heavy atom. The van der Waals surface area contributed by atoms with E-state index in [0.717, 1.165) is 22.2 Å². The van der Waals surface area contributed by atoms with Crippen LogP contribution in [-0.4, -0.2) is 17.3 Å². The summed E-state index contributed by atoms with van der Waals surface area (Å²) in [5, 5.41) is 10.4. The van der Waals surface area contributed by atoms with Crippen molar-refractivity contribution in [2.75, 3.05) is 7.11 Å². The minimum absolute atomic E-state index is 0.384. The van der Waals surface area contributed by atoms with E-state index in [0.29, 0.717) is 5.92 Å². The molecule has 1 aromatic carbocycles. The molecule has 0 saturated carbocycles. The molecule has 3 heteroatoms. The van der Waals surface area contributed by atoms with Gasteiger partial charge in [-0.1, -0.05) is 13.8 Å². The van der Waals surface area contributed by atoms with Crippen LogP contribution in [0.5, 0.6) is 5.75 Å². The highest BCUT2D eigenvalue weighted by Crippen LogP contribution is 2.25. The first-order chi connectivity index (χ1) is 7.22. The van der Waals surface area contributed by atoms with Crippen LogP contribution < -0.4 is 4.74 Å². The zero-order chi connectivity index (χ0) is 10.8. The Labute approximate surface area is 89.1 Å². The largest absolute Gasteiger partial charge is 0.497 e. The molecule has 0 aliphatic rings. The zero-order valence-electron chi connectivity index (χ0n) is 9.19. The molecule has 0 spiro atoms. The molecule has 0 N–H and O–H groups in total. The summed E-state index contributed by atoms with van der Waals surface area (Å²) in [7, 11) is 1.67. The lowest BCUT2D eigenvalue weighted by Gasteiger charge is -2.08. The first-order valence-electron chi connectivity index (χ1n) is 5.01. The van der Waals surface area contributed by atoms with Crippen LogP contribution in [0.15, 0.2) is 24.4 Å². The van der Waals surface area contributed by atoms with Crippen molar-refractivity contribution >= 4 is 10.8 Å². The van der Waals surface area contributed by atoms with Gasteiger partial charge < -0.3 is 4.74 Å². The molecule has 0 atom stereocenters. The minimum atomic E-state index is 0.384. The van der Waals surface area contributed by atoms with Crippen LogP contribution in [0.25, 0.3) is 10.8 Å². The van der Waals surface area contributed by atoms with Crippen LogP contribution in [0, 0.1) is 0 Å². The second kappa shape index (κ2) is 3.85. The van der Waals surface area contributed by atoms with E-state index in [-0.39, 0.29) is 0 Å². The monoisotopic (exact) mass is 202 g/mol. The van der Waals surface area contributed by atoms with E-state index in [9.17, 15) is 0 Å². The number of hydrogen-bond acceptors (Lipinski definition) is 3. The van der Waals surface area contributed by atoms with Crippen LogP contribution >= 0.6 is 0 Å². The van der Waals surface area contributed by atoms with Crippen molar-refractivity contribution in [3.63, 3.8) is 0 Å². The molecule has 0 bridgehead atoms. The molecular formula is C12H14N2O. The summed E-state index contributed by atoms with van der Waals surface area (Å²) in [4.78, 5) is 0. The Balaban J connectivity index is 2.67. The van der Waals surface area contributed by atoms with Crippen molar-refractivity contribution in [1.29, 1.82) is 0 Å². The number of hydrogen-bond donors (Lipinski definition) is 0. The predicted octanol–water partition coefficient (Wildman–Crippen LogP) is 2.76. The third-order valence-corrected chi connectivity index (χ3v) is 2.44. The second-order valence-electron chi connectivity index (χ2n) is 3.84. The number of benzene rings is 1. The molecule has 1 heterocycles. The highest BCUT2D eigenvalue weighted by molar-refractivity contribution is 5.85. The smallest absolute Gasteiger partial charge is 0.119 e.